The topological polar surface area (TPSA) is 32.3 Å². The van der Waals surface area contributed by atoms with E-state index in [4.69, 9.17) is 0 Å². The van der Waals surface area contributed by atoms with Gasteiger partial charge in [-0.15, -0.1) is 0 Å². The van der Waals surface area contributed by atoms with Crippen molar-refractivity contribution in [2.45, 2.75) is 71.4 Å². The fourth-order valence-electron chi connectivity index (χ4n) is 2.62. The van der Waals surface area contributed by atoms with Gasteiger partial charge in [-0.2, -0.15) is 0 Å². The van der Waals surface area contributed by atoms with Gasteiger partial charge >= 0.3 is 0 Å². The molecule has 0 aliphatic carbocycles. The van der Waals surface area contributed by atoms with Gasteiger partial charge in [-0.25, -0.2) is 0 Å². The third kappa shape index (κ3) is 4.30. The first-order valence-electron chi connectivity index (χ1n) is 7.24. The van der Waals surface area contributed by atoms with E-state index >= 15 is 0 Å². The largest absolute Gasteiger partial charge is 0.339 e. The maximum Gasteiger partial charge on any atom is 0.239 e. The molecule has 1 rings (SSSR count). The first-order chi connectivity index (χ1) is 8.20. The molecule has 0 aromatic carbocycles. The van der Waals surface area contributed by atoms with Crippen molar-refractivity contribution in [2.75, 3.05) is 13.1 Å². The molecule has 0 aromatic heterocycles. The Hall–Kier alpha value is -0.570. The number of hydrogen-bond acceptors (Lipinski definition) is 2. The van der Waals surface area contributed by atoms with Crippen molar-refractivity contribution in [3.8, 4) is 0 Å². The average molecular weight is 240 g/mol. The number of likely N-dealkylation sites (tertiary alicyclic amines) is 1. The van der Waals surface area contributed by atoms with Gasteiger partial charge in [0.25, 0.3) is 0 Å². The van der Waals surface area contributed by atoms with Gasteiger partial charge < -0.3 is 10.2 Å². The summed E-state index contributed by atoms with van der Waals surface area (Å²) in [4.78, 5) is 14.3. The fourth-order valence-corrected chi connectivity index (χ4v) is 2.62. The number of carbonyl (C=O) groups is 1. The third-order valence-electron chi connectivity index (χ3n) is 3.68. The number of nitrogens with one attached hydrogen (secondary N) is 1. The molecule has 0 bridgehead atoms. The summed E-state index contributed by atoms with van der Waals surface area (Å²) in [6.07, 6.45) is 7.07. The van der Waals surface area contributed by atoms with Crippen molar-refractivity contribution >= 4 is 5.91 Å². The van der Waals surface area contributed by atoms with E-state index in [1.807, 2.05) is 0 Å². The highest BCUT2D eigenvalue weighted by atomic mass is 16.2. The highest BCUT2D eigenvalue weighted by molar-refractivity contribution is 5.82. The summed E-state index contributed by atoms with van der Waals surface area (Å²) in [6, 6.07) is 0.484. The molecule has 3 heteroatoms. The number of carbonyl (C=O) groups excluding carboxylic acids is 1. The van der Waals surface area contributed by atoms with E-state index in [-0.39, 0.29) is 6.04 Å². The van der Waals surface area contributed by atoms with Crippen LogP contribution in [0.1, 0.15) is 59.3 Å². The average Bonchev–Trinajstić information content (AvgIpc) is 2.32. The van der Waals surface area contributed by atoms with Gasteiger partial charge in [-0.1, -0.05) is 33.1 Å². The molecule has 1 fully saturated rings. The monoisotopic (exact) mass is 240 g/mol. The van der Waals surface area contributed by atoms with E-state index in [9.17, 15) is 4.79 Å². The second kappa shape index (κ2) is 7.70. The van der Waals surface area contributed by atoms with Crippen molar-refractivity contribution in [2.24, 2.45) is 0 Å². The molecule has 1 saturated heterocycles. The van der Waals surface area contributed by atoms with E-state index in [1.54, 1.807) is 0 Å². The summed E-state index contributed by atoms with van der Waals surface area (Å²) >= 11 is 0. The van der Waals surface area contributed by atoms with Crippen LogP contribution in [-0.4, -0.2) is 36.0 Å². The lowest BCUT2D eigenvalue weighted by atomic mass is 10.0. The second-order valence-corrected chi connectivity index (χ2v) is 5.13. The normalized spacial score (nSPS) is 22.9. The Bertz CT molecular complexity index is 228. The number of hydrogen-bond donors (Lipinski definition) is 1. The standard InChI is InChI=1S/C14H28N2O/c1-4-6-7-9-12(3)16-11-8-10-13(14(16)17)15-5-2/h12-13,15H,4-11H2,1-3H3. The highest BCUT2D eigenvalue weighted by Crippen LogP contribution is 2.18. The number of rotatable bonds is 7. The van der Waals surface area contributed by atoms with E-state index in [0.717, 1.165) is 32.4 Å². The Morgan fingerprint density at radius 3 is 2.82 bits per heavy atom. The van der Waals surface area contributed by atoms with E-state index in [1.165, 1.54) is 19.3 Å². The first kappa shape index (κ1) is 14.5. The smallest absolute Gasteiger partial charge is 0.239 e. The lowest BCUT2D eigenvalue weighted by molar-refractivity contribution is -0.138. The van der Waals surface area contributed by atoms with Crippen LogP contribution in [0.2, 0.25) is 0 Å². The van der Waals surface area contributed by atoms with Gasteiger partial charge in [0.15, 0.2) is 0 Å². The van der Waals surface area contributed by atoms with Gasteiger partial charge in [0.2, 0.25) is 5.91 Å². The molecule has 1 N–H and O–H groups in total. The molecule has 0 saturated carbocycles. The highest BCUT2D eigenvalue weighted by Gasteiger charge is 2.30. The predicted octanol–water partition coefficient (Wildman–Crippen LogP) is 2.56. The predicted molar refractivity (Wildman–Crippen MR) is 72.0 cm³/mol. The van der Waals surface area contributed by atoms with Crippen LogP contribution in [0.5, 0.6) is 0 Å². The molecule has 1 aliphatic rings. The van der Waals surface area contributed by atoms with Gasteiger partial charge in [-0.05, 0) is 32.7 Å². The Kier molecular flexibility index (Phi) is 6.56. The molecule has 0 spiro atoms. The second-order valence-electron chi connectivity index (χ2n) is 5.13. The zero-order chi connectivity index (χ0) is 12.7. The van der Waals surface area contributed by atoms with E-state index in [2.05, 4.69) is 31.0 Å². The van der Waals surface area contributed by atoms with Crippen molar-refractivity contribution in [3.63, 3.8) is 0 Å². The molecule has 1 amide bonds. The molecule has 0 aromatic rings. The molecule has 1 aliphatic heterocycles. The summed E-state index contributed by atoms with van der Waals surface area (Å²) in [7, 11) is 0. The number of likely N-dealkylation sites (N-methyl/N-ethyl adjacent to an activating group) is 1. The van der Waals surface area contributed by atoms with Gasteiger partial charge in [-0.3, -0.25) is 4.79 Å². The van der Waals surface area contributed by atoms with Crippen LogP contribution in [0, 0.1) is 0 Å². The molecular formula is C14H28N2O. The quantitative estimate of drug-likeness (QED) is 0.694. The summed E-state index contributed by atoms with van der Waals surface area (Å²) in [5.41, 5.74) is 0. The lowest BCUT2D eigenvalue weighted by Crippen LogP contribution is -2.53. The number of unbranched alkanes of at least 4 members (excludes halogenated alkanes) is 2. The van der Waals surface area contributed by atoms with Crippen LogP contribution >= 0.6 is 0 Å². The Morgan fingerprint density at radius 1 is 1.41 bits per heavy atom. The molecule has 17 heavy (non-hydrogen) atoms. The number of amides is 1. The molecule has 3 nitrogen and oxygen atoms in total. The minimum Gasteiger partial charge on any atom is -0.339 e. The molecule has 2 atom stereocenters. The van der Waals surface area contributed by atoms with Crippen LogP contribution in [-0.2, 0) is 4.79 Å². The summed E-state index contributed by atoms with van der Waals surface area (Å²) in [5.74, 6) is 0.321. The number of nitrogens with zero attached hydrogens (tertiary/aromatic N) is 1. The van der Waals surface area contributed by atoms with Crippen LogP contribution < -0.4 is 5.32 Å². The van der Waals surface area contributed by atoms with Crippen molar-refractivity contribution in [1.29, 1.82) is 0 Å². The maximum absolute atomic E-state index is 12.3. The van der Waals surface area contributed by atoms with Gasteiger partial charge in [0.05, 0.1) is 6.04 Å². The van der Waals surface area contributed by atoms with Gasteiger partial charge in [0, 0.05) is 12.6 Å². The molecule has 1 heterocycles. The molecular weight excluding hydrogens is 212 g/mol. The van der Waals surface area contributed by atoms with Crippen LogP contribution in [0.25, 0.3) is 0 Å². The summed E-state index contributed by atoms with van der Waals surface area (Å²) in [5, 5.41) is 3.30. The van der Waals surface area contributed by atoms with Crippen LogP contribution in [0.15, 0.2) is 0 Å². The first-order valence-corrected chi connectivity index (χ1v) is 7.24. The summed E-state index contributed by atoms with van der Waals surface area (Å²) < 4.78 is 0. The summed E-state index contributed by atoms with van der Waals surface area (Å²) in [6.45, 7) is 8.32. The fraction of sp³-hybridized carbons (Fsp3) is 0.929. The third-order valence-corrected chi connectivity index (χ3v) is 3.68. The zero-order valence-corrected chi connectivity index (χ0v) is 11.7. The van der Waals surface area contributed by atoms with Crippen LogP contribution in [0.3, 0.4) is 0 Å². The van der Waals surface area contributed by atoms with Crippen molar-refractivity contribution in [3.05, 3.63) is 0 Å². The van der Waals surface area contributed by atoms with E-state index in [0.29, 0.717) is 11.9 Å². The van der Waals surface area contributed by atoms with E-state index < -0.39 is 0 Å². The van der Waals surface area contributed by atoms with Gasteiger partial charge in [0.1, 0.15) is 0 Å². The maximum atomic E-state index is 12.3. The molecule has 0 radical (unpaired) electrons. The Morgan fingerprint density at radius 2 is 2.18 bits per heavy atom. The molecule has 2 unspecified atom stereocenters. The lowest BCUT2D eigenvalue weighted by Gasteiger charge is -2.37. The zero-order valence-electron chi connectivity index (χ0n) is 11.7. The SMILES string of the molecule is CCCCCC(C)N1CCCC(NCC)C1=O. The minimum absolute atomic E-state index is 0.0716. The Balaban J connectivity index is 2.42. The number of piperidine rings is 1. The van der Waals surface area contributed by atoms with Crippen LogP contribution in [0.4, 0.5) is 0 Å². The van der Waals surface area contributed by atoms with Crippen molar-refractivity contribution in [1.82, 2.24) is 10.2 Å². The minimum atomic E-state index is 0.0716. The van der Waals surface area contributed by atoms with Crippen molar-refractivity contribution < 1.29 is 4.79 Å². The molecule has 100 valence electrons. The Labute approximate surface area is 106 Å².